The molecule has 0 aromatic heterocycles. The molecular formula is C17H16ClFN2O3. The zero-order valence-electron chi connectivity index (χ0n) is 12.9. The maximum absolute atomic E-state index is 13.1. The van der Waals surface area contributed by atoms with Crippen LogP contribution in [0.5, 0.6) is 0 Å². The van der Waals surface area contributed by atoms with Gasteiger partial charge in [-0.25, -0.2) is 4.39 Å². The minimum absolute atomic E-state index is 0.0651. The van der Waals surface area contributed by atoms with Crippen LogP contribution < -0.4 is 10.6 Å². The predicted molar refractivity (Wildman–Crippen MR) is 89.2 cm³/mol. The van der Waals surface area contributed by atoms with Crippen molar-refractivity contribution in [3.05, 3.63) is 64.9 Å². The molecule has 0 aliphatic heterocycles. The Morgan fingerprint density at radius 3 is 2.58 bits per heavy atom. The first-order valence-corrected chi connectivity index (χ1v) is 7.51. The number of halogens is 2. The molecule has 1 unspecified atom stereocenters. The van der Waals surface area contributed by atoms with Gasteiger partial charge in [-0.05, 0) is 24.3 Å². The van der Waals surface area contributed by atoms with Crippen molar-refractivity contribution >= 4 is 29.1 Å². The minimum atomic E-state index is -0.894. The SMILES string of the molecule is COC(CNC(=O)C(=O)Nc1cccc(F)c1)c1ccccc1Cl. The summed E-state index contributed by atoms with van der Waals surface area (Å²) >= 11 is 6.09. The van der Waals surface area contributed by atoms with Crippen molar-refractivity contribution in [3.63, 3.8) is 0 Å². The van der Waals surface area contributed by atoms with Crippen LogP contribution in [0.25, 0.3) is 0 Å². The molecule has 0 radical (unpaired) electrons. The fourth-order valence-corrected chi connectivity index (χ4v) is 2.33. The Balaban J connectivity index is 1.94. The van der Waals surface area contributed by atoms with Crippen LogP contribution in [-0.2, 0) is 14.3 Å². The molecule has 2 amide bonds. The van der Waals surface area contributed by atoms with E-state index < -0.39 is 23.7 Å². The normalized spacial score (nSPS) is 11.6. The van der Waals surface area contributed by atoms with Gasteiger partial charge in [0.2, 0.25) is 0 Å². The van der Waals surface area contributed by atoms with E-state index >= 15 is 0 Å². The van der Waals surface area contributed by atoms with Crippen molar-refractivity contribution in [1.82, 2.24) is 5.32 Å². The van der Waals surface area contributed by atoms with Crippen LogP contribution in [0.1, 0.15) is 11.7 Å². The predicted octanol–water partition coefficient (Wildman–Crippen LogP) is 2.92. The van der Waals surface area contributed by atoms with Crippen LogP contribution >= 0.6 is 11.6 Å². The first-order chi connectivity index (χ1) is 11.5. The fraction of sp³-hybridized carbons (Fsp3) is 0.176. The van der Waals surface area contributed by atoms with Crippen LogP contribution in [0.2, 0.25) is 5.02 Å². The van der Waals surface area contributed by atoms with Crippen LogP contribution in [0.3, 0.4) is 0 Å². The van der Waals surface area contributed by atoms with Gasteiger partial charge in [0.05, 0.1) is 0 Å². The van der Waals surface area contributed by atoms with Gasteiger partial charge < -0.3 is 15.4 Å². The van der Waals surface area contributed by atoms with Crippen molar-refractivity contribution in [2.75, 3.05) is 19.0 Å². The Bertz CT molecular complexity index is 739. The van der Waals surface area contributed by atoms with E-state index in [2.05, 4.69) is 10.6 Å². The third kappa shape index (κ3) is 4.78. The molecule has 0 fully saturated rings. The van der Waals surface area contributed by atoms with Crippen molar-refractivity contribution < 1.29 is 18.7 Å². The van der Waals surface area contributed by atoms with E-state index in [9.17, 15) is 14.0 Å². The lowest BCUT2D eigenvalue weighted by Crippen LogP contribution is -2.38. The smallest absolute Gasteiger partial charge is 0.313 e. The Labute approximate surface area is 143 Å². The number of carbonyl (C=O) groups excluding carboxylic acids is 2. The number of hydrogen-bond acceptors (Lipinski definition) is 3. The molecular weight excluding hydrogens is 335 g/mol. The first-order valence-electron chi connectivity index (χ1n) is 7.13. The van der Waals surface area contributed by atoms with Gasteiger partial charge in [-0.3, -0.25) is 9.59 Å². The monoisotopic (exact) mass is 350 g/mol. The summed E-state index contributed by atoms with van der Waals surface area (Å²) in [6.07, 6.45) is -0.496. The van der Waals surface area contributed by atoms with E-state index in [-0.39, 0.29) is 12.2 Å². The van der Waals surface area contributed by atoms with Gasteiger partial charge in [-0.2, -0.15) is 0 Å². The number of nitrogens with one attached hydrogen (secondary N) is 2. The lowest BCUT2D eigenvalue weighted by Gasteiger charge is -2.17. The Morgan fingerprint density at radius 2 is 1.92 bits per heavy atom. The number of methoxy groups -OCH3 is 1. The molecule has 0 saturated carbocycles. The number of benzene rings is 2. The molecule has 0 heterocycles. The highest BCUT2D eigenvalue weighted by atomic mass is 35.5. The molecule has 0 aliphatic rings. The molecule has 2 aromatic rings. The lowest BCUT2D eigenvalue weighted by atomic mass is 10.1. The molecule has 0 bridgehead atoms. The zero-order chi connectivity index (χ0) is 17.5. The van der Waals surface area contributed by atoms with E-state index in [1.807, 2.05) is 0 Å². The molecule has 2 rings (SSSR count). The molecule has 7 heteroatoms. The Morgan fingerprint density at radius 1 is 1.17 bits per heavy atom. The Kier molecular flexibility index (Phi) is 6.28. The van der Waals surface area contributed by atoms with Gasteiger partial charge in [-0.15, -0.1) is 0 Å². The summed E-state index contributed by atoms with van der Waals surface area (Å²) in [5, 5.41) is 5.29. The summed E-state index contributed by atoms with van der Waals surface area (Å²) in [4.78, 5) is 23.7. The summed E-state index contributed by atoms with van der Waals surface area (Å²) in [5.41, 5.74) is 0.900. The average molecular weight is 351 g/mol. The van der Waals surface area contributed by atoms with Gasteiger partial charge in [-0.1, -0.05) is 35.9 Å². The maximum atomic E-state index is 13.1. The van der Waals surface area contributed by atoms with Gasteiger partial charge in [0, 0.05) is 29.9 Å². The molecule has 5 nitrogen and oxygen atoms in total. The van der Waals surface area contributed by atoms with E-state index in [0.717, 1.165) is 6.07 Å². The molecule has 126 valence electrons. The van der Waals surface area contributed by atoms with Gasteiger partial charge in [0.25, 0.3) is 0 Å². The zero-order valence-corrected chi connectivity index (χ0v) is 13.6. The number of amides is 2. The quantitative estimate of drug-likeness (QED) is 0.815. The summed E-state index contributed by atoms with van der Waals surface area (Å²) in [7, 11) is 1.48. The van der Waals surface area contributed by atoms with E-state index in [0.29, 0.717) is 10.6 Å². The summed E-state index contributed by atoms with van der Waals surface area (Å²) < 4.78 is 18.4. The largest absolute Gasteiger partial charge is 0.375 e. The van der Waals surface area contributed by atoms with Crippen LogP contribution in [0, 0.1) is 5.82 Å². The van der Waals surface area contributed by atoms with Gasteiger partial charge in [0.15, 0.2) is 0 Å². The van der Waals surface area contributed by atoms with Crippen molar-refractivity contribution in [3.8, 4) is 0 Å². The minimum Gasteiger partial charge on any atom is -0.375 e. The number of anilines is 1. The second-order valence-electron chi connectivity index (χ2n) is 4.92. The summed E-state index contributed by atoms with van der Waals surface area (Å²) in [6, 6.07) is 12.3. The second kappa shape index (κ2) is 8.42. The summed E-state index contributed by atoms with van der Waals surface area (Å²) in [5.74, 6) is -2.26. The maximum Gasteiger partial charge on any atom is 0.313 e. The highest BCUT2D eigenvalue weighted by molar-refractivity contribution is 6.39. The van der Waals surface area contributed by atoms with Crippen LogP contribution in [-0.4, -0.2) is 25.5 Å². The third-order valence-electron chi connectivity index (χ3n) is 3.27. The highest BCUT2D eigenvalue weighted by Gasteiger charge is 2.18. The van der Waals surface area contributed by atoms with Gasteiger partial charge >= 0.3 is 11.8 Å². The standard InChI is InChI=1S/C17H16ClFN2O3/c1-24-15(13-7-2-3-8-14(13)18)10-20-16(22)17(23)21-12-6-4-5-11(19)9-12/h2-9,15H,10H2,1H3,(H,20,22)(H,21,23). The van der Waals surface area contributed by atoms with Crippen molar-refractivity contribution in [2.24, 2.45) is 0 Å². The van der Waals surface area contributed by atoms with Crippen molar-refractivity contribution in [1.29, 1.82) is 0 Å². The number of carbonyl (C=O) groups is 2. The number of rotatable bonds is 5. The molecule has 0 saturated heterocycles. The molecule has 0 spiro atoms. The van der Waals surface area contributed by atoms with E-state index in [1.165, 1.54) is 25.3 Å². The average Bonchev–Trinajstić information content (AvgIpc) is 2.56. The van der Waals surface area contributed by atoms with Crippen molar-refractivity contribution in [2.45, 2.75) is 6.10 Å². The molecule has 2 aromatic carbocycles. The first kappa shape index (κ1) is 17.9. The third-order valence-corrected chi connectivity index (χ3v) is 3.62. The fourth-order valence-electron chi connectivity index (χ4n) is 2.08. The van der Waals surface area contributed by atoms with Crippen LogP contribution in [0.15, 0.2) is 48.5 Å². The number of ether oxygens (including phenoxy) is 1. The Hall–Kier alpha value is -2.44. The molecule has 0 aliphatic carbocycles. The summed E-state index contributed by atoms with van der Waals surface area (Å²) in [6.45, 7) is 0.0651. The van der Waals surface area contributed by atoms with E-state index in [4.69, 9.17) is 16.3 Å². The highest BCUT2D eigenvalue weighted by Crippen LogP contribution is 2.24. The van der Waals surface area contributed by atoms with Gasteiger partial charge in [0.1, 0.15) is 11.9 Å². The molecule has 2 N–H and O–H groups in total. The molecule has 1 atom stereocenters. The molecule has 24 heavy (non-hydrogen) atoms. The van der Waals surface area contributed by atoms with E-state index in [1.54, 1.807) is 24.3 Å². The number of hydrogen-bond donors (Lipinski definition) is 2. The van der Waals surface area contributed by atoms with Crippen LogP contribution in [0.4, 0.5) is 10.1 Å². The second-order valence-corrected chi connectivity index (χ2v) is 5.33. The topological polar surface area (TPSA) is 67.4 Å². The lowest BCUT2D eigenvalue weighted by molar-refractivity contribution is -0.136.